The molecule has 2 rings (SSSR count). The number of ether oxygens (including phenoxy) is 1. The Morgan fingerprint density at radius 2 is 2.44 bits per heavy atom. The van der Waals surface area contributed by atoms with Gasteiger partial charge >= 0.3 is 0 Å². The highest BCUT2D eigenvalue weighted by Gasteiger charge is 2.23. The summed E-state index contributed by atoms with van der Waals surface area (Å²) >= 11 is 0. The zero-order chi connectivity index (χ0) is 11.4. The normalized spacial score (nSPS) is 17.1. The quantitative estimate of drug-likeness (QED) is 0.568. The maximum absolute atomic E-state index is 5.61. The van der Waals surface area contributed by atoms with Crippen molar-refractivity contribution >= 4 is 0 Å². The second-order valence-electron chi connectivity index (χ2n) is 4.36. The number of hydrogen-bond donors (Lipinski definition) is 2. The van der Waals surface area contributed by atoms with Crippen molar-refractivity contribution in [3.05, 3.63) is 24.0 Å². The summed E-state index contributed by atoms with van der Waals surface area (Å²) in [5, 5.41) is 0. The lowest BCUT2D eigenvalue weighted by molar-refractivity contribution is 0.390. The van der Waals surface area contributed by atoms with Gasteiger partial charge in [-0.3, -0.25) is 16.3 Å². The van der Waals surface area contributed by atoms with Crippen molar-refractivity contribution in [1.29, 1.82) is 0 Å². The van der Waals surface area contributed by atoms with Crippen LogP contribution in [0.1, 0.15) is 37.3 Å². The van der Waals surface area contributed by atoms with Crippen molar-refractivity contribution in [2.24, 2.45) is 11.8 Å². The second kappa shape index (κ2) is 5.27. The van der Waals surface area contributed by atoms with Crippen molar-refractivity contribution in [2.45, 2.75) is 31.7 Å². The molecule has 4 nitrogen and oxygen atoms in total. The lowest BCUT2D eigenvalue weighted by Crippen LogP contribution is -2.28. The first-order valence-corrected chi connectivity index (χ1v) is 5.79. The van der Waals surface area contributed by atoms with Crippen LogP contribution < -0.4 is 16.0 Å². The Hall–Kier alpha value is -1.13. The summed E-state index contributed by atoms with van der Waals surface area (Å²) in [5.41, 5.74) is 3.97. The van der Waals surface area contributed by atoms with Gasteiger partial charge in [0.25, 0.3) is 0 Å². The van der Waals surface area contributed by atoms with E-state index in [0.29, 0.717) is 0 Å². The molecule has 0 aromatic carbocycles. The zero-order valence-electron chi connectivity index (χ0n) is 9.65. The van der Waals surface area contributed by atoms with Gasteiger partial charge in [0, 0.05) is 17.8 Å². The highest BCUT2D eigenvalue weighted by atomic mass is 16.5. The standard InChI is InChI=1S/C12H19N3O/c1-16-12-8-14-7-6-10(12)11(15-13)5-4-9-2-3-9/h6-9,11,15H,2-5,13H2,1H3. The summed E-state index contributed by atoms with van der Waals surface area (Å²) < 4.78 is 5.29. The van der Waals surface area contributed by atoms with Crippen LogP contribution in [0.4, 0.5) is 0 Å². The van der Waals surface area contributed by atoms with Crippen molar-refractivity contribution in [2.75, 3.05) is 7.11 Å². The van der Waals surface area contributed by atoms with Gasteiger partial charge in [0.1, 0.15) is 5.75 Å². The molecule has 1 aliphatic rings. The van der Waals surface area contributed by atoms with Gasteiger partial charge in [-0.2, -0.15) is 0 Å². The van der Waals surface area contributed by atoms with E-state index in [0.717, 1.165) is 23.7 Å². The minimum absolute atomic E-state index is 0.165. The monoisotopic (exact) mass is 221 g/mol. The molecule has 1 aromatic rings. The van der Waals surface area contributed by atoms with Crippen LogP contribution in [-0.2, 0) is 0 Å². The molecule has 0 radical (unpaired) electrons. The van der Waals surface area contributed by atoms with Gasteiger partial charge in [0.05, 0.1) is 13.3 Å². The van der Waals surface area contributed by atoms with Gasteiger partial charge in [0.15, 0.2) is 0 Å². The first-order valence-electron chi connectivity index (χ1n) is 5.79. The third kappa shape index (κ3) is 2.71. The summed E-state index contributed by atoms with van der Waals surface area (Å²) in [7, 11) is 1.66. The minimum Gasteiger partial charge on any atom is -0.495 e. The van der Waals surface area contributed by atoms with Crippen LogP contribution in [0.5, 0.6) is 5.75 Å². The number of pyridine rings is 1. The smallest absolute Gasteiger partial charge is 0.141 e. The van der Waals surface area contributed by atoms with Crippen LogP contribution in [0.15, 0.2) is 18.5 Å². The zero-order valence-corrected chi connectivity index (χ0v) is 9.65. The molecule has 1 unspecified atom stereocenters. The Morgan fingerprint density at radius 3 is 3.06 bits per heavy atom. The number of nitrogens with zero attached hydrogens (tertiary/aromatic N) is 1. The number of hydrogen-bond acceptors (Lipinski definition) is 4. The fourth-order valence-electron chi connectivity index (χ4n) is 1.99. The predicted molar refractivity (Wildman–Crippen MR) is 62.8 cm³/mol. The SMILES string of the molecule is COc1cnccc1C(CCC1CC1)NN. The molecule has 88 valence electrons. The van der Waals surface area contributed by atoms with E-state index < -0.39 is 0 Å². The van der Waals surface area contributed by atoms with Crippen LogP contribution in [0.3, 0.4) is 0 Å². The van der Waals surface area contributed by atoms with Crippen LogP contribution >= 0.6 is 0 Å². The number of nitrogens with two attached hydrogens (primary N) is 1. The van der Waals surface area contributed by atoms with Gasteiger partial charge in [0.2, 0.25) is 0 Å². The molecule has 0 saturated heterocycles. The topological polar surface area (TPSA) is 60.2 Å². The maximum Gasteiger partial charge on any atom is 0.141 e. The Labute approximate surface area is 96.2 Å². The van der Waals surface area contributed by atoms with Crippen molar-refractivity contribution in [3.8, 4) is 5.75 Å². The number of hydrazine groups is 1. The minimum atomic E-state index is 0.165. The van der Waals surface area contributed by atoms with Crippen molar-refractivity contribution in [3.63, 3.8) is 0 Å². The van der Waals surface area contributed by atoms with E-state index in [9.17, 15) is 0 Å². The summed E-state index contributed by atoms with van der Waals surface area (Å²) in [6, 6.07) is 2.13. The summed E-state index contributed by atoms with van der Waals surface area (Å²) in [6.07, 6.45) is 8.56. The molecule has 3 N–H and O–H groups in total. The van der Waals surface area contributed by atoms with Gasteiger partial charge in [-0.15, -0.1) is 0 Å². The lowest BCUT2D eigenvalue weighted by Gasteiger charge is -2.18. The number of rotatable bonds is 6. The van der Waals surface area contributed by atoms with Gasteiger partial charge in [-0.05, 0) is 24.8 Å². The highest BCUT2D eigenvalue weighted by Crippen LogP contribution is 2.36. The molecule has 0 spiro atoms. The van der Waals surface area contributed by atoms with Crippen LogP contribution in [0, 0.1) is 5.92 Å². The molecule has 4 heteroatoms. The van der Waals surface area contributed by atoms with Crippen LogP contribution in [0.2, 0.25) is 0 Å². The molecule has 0 amide bonds. The average Bonchev–Trinajstić information content (AvgIpc) is 3.14. The summed E-state index contributed by atoms with van der Waals surface area (Å²) in [4.78, 5) is 4.05. The predicted octanol–water partition coefficient (Wildman–Crippen LogP) is 1.78. The maximum atomic E-state index is 5.61. The number of aromatic nitrogens is 1. The molecule has 0 aliphatic heterocycles. The molecular weight excluding hydrogens is 202 g/mol. The Kier molecular flexibility index (Phi) is 3.74. The van der Waals surface area contributed by atoms with Gasteiger partial charge < -0.3 is 4.74 Å². The summed E-state index contributed by atoms with van der Waals surface area (Å²) in [6.45, 7) is 0. The molecule has 1 aromatic heterocycles. The van der Waals surface area contributed by atoms with E-state index in [1.165, 1.54) is 19.3 Å². The molecule has 1 aliphatic carbocycles. The van der Waals surface area contributed by atoms with Gasteiger partial charge in [-0.1, -0.05) is 12.8 Å². The molecule has 1 saturated carbocycles. The Bertz CT molecular complexity index is 339. The van der Waals surface area contributed by atoms with E-state index in [1.807, 2.05) is 6.07 Å². The third-order valence-electron chi connectivity index (χ3n) is 3.17. The van der Waals surface area contributed by atoms with E-state index in [1.54, 1.807) is 19.5 Å². The van der Waals surface area contributed by atoms with Crippen molar-refractivity contribution < 1.29 is 4.74 Å². The third-order valence-corrected chi connectivity index (χ3v) is 3.17. The Morgan fingerprint density at radius 1 is 1.62 bits per heavy atom. The van der Waals surface area contributed by atoms with E-state index in [2.05, 4.69) is 10.4 Å². The van der Waals surface area contributed by atoms with Crippen LogP contribution in [-0.4, -0.2) is 12.1 Å². The first kappa shape index (κ1) is 11.4. The fraction of sp³-hybridized carbons (Fsp3) is 0.583. The molecule has 1 fully saturated rings. The molecule has 16 heavy (non-hydrogen) atoms. The van der Waals surface area contributed by atoms with E-state index in [-0.39, 0.29) is 6.04 Å². The highest BCUT2D eigenvalue weighted by molar-refractivity contribution is 5.32. The number of nitrogens with one attached hydrogen (secondary N) is 1. The largest absolute Gasteiger partial charge is 0.495 e. The average molecular weight is 221 g/mol. The van der Waals surface area contributed by atoms with Crippen molar-refractivity contribution in [1.82, 2.24) is 10.4 Å². The second-order valence-corrected chi connectivity index (χ2v) is 4.36. The van der Waals surface area contributed by atoms with Gasteiger partial charge in [-0.25, -0.2) is 0 Å². The molecule has 1 heterocycles. The number of methoxy groups -OCH3 is 1. The fourth-order valence-corrected chi connectivity index (χ4v) is 1.99. The van der Waals surface area contributed by atoms with Crippen LogP contribution in [0.25, 0.3) is 0 Å². The molecule has 1 atom stereocenters. The lowest BCUT2D eigenvalue weighted by atomic mass is 10.0. The summed E-state index contributed by atoms with van der Waals surface area (Å²) in [5.74, 6) is 7.34. The Balaban J connectivity index is 2.04. The molecule has 0 bridgehead atoms. The first-order chi connectivity index (χ1) is 7.85. The molecular formula is C12H19N3O. The van der Waals surface area contributed by atoms with E-state index in [4.69, 9.17) is 10.6 Å². The van der Waals surface area contributed by atoms with E-state index >= 15 is 0 Å².